The van der Waals surface area contributed by atoms with Gasteiger partial charge >= 0.3 is 0 Å². The molecule has 2 atom stereocenters. The summed E-state index contributed by atoms with van der Waals surface area (Å²) in [5.41, 5.74) is 0.803. The van der Waals surface area contributed by atoms with E-state index in [1.807, 2.05) is 6.92 Å². The minimum Gasteiger partial charge on any atom is -0.299 e. The quantitative estimate of drug-likeness (QED) is 0.745. The lowest BCUT2D eigenvalue weighted by atomic mass is 10.1. The molecule has 2 amide bonds. The van der Waals surface area contributed by atoms with E-state index in [0.29, 0.717) is 0 Å². The molecule has 0 bridgehead atoms. The molecule has 0 radical (unpaired) electrons. The predicted molar refractivity (Wildman–Crippen MR) is 75.5 cm³/mol. The van der Waals surface area contributed by atoms with Gasteiger partial charge in [-0.25, -0.2) is 13.6 Å². The molecule has 21 heavy (non-hydrogen) atoms. The first-order chi connectivity index (χ1) is 9.70. The fourth-order valence-corrected chi connectivity index (χ4v) is 2.75. The molecular weight excluding hydrogens is 294 g/mol. The number of amides is 2. The van der Waals surface area contributed by atoms with E-state index in [2.05, 4.69) is 5.32 Å². The van der Waals surface area contributed by atoms with E-state index in [1.165, 1.54) is 19.2 Å². The molecule has 1 fully saturated rings. The molecule has 1 aromatic rings. The summed E-state index contributed by atoms with van der Waals surface area (Å²) in [5.74, 6) is -0.470. The average molecular weight is 311 g/mol. The van der Waals surface area contributed by atoms with Gasteiger partial charge in [0.1, 0.15) is 0 Å². The molecule has 7 nitrogen and oxygen atoms in total. The number of likely N-dealkylation sites (N-methyl/N-ethyl adjacent to an activating group) is 1. The van der Waals surface area contributed by atoms with Crippen LogP contribution in [0.1, 0.15) is 24.9 Å². The number of sulfonamides is 1. The van der Waals surface area contributed by atoms with E-state index in [-0.39, 0.29) is 29.2 Å². The van der Waals surface area contributed by atoms with Crippen LogP contribution in [0.2, 0.25) is 0 Å². The summed E-state index contributed by atoms with van der Waals surface area (Å²) in [5, 5.41) is 8.10. The second-order valence-electron chi connectivity index (χ2n) is 5.05. The van der Waals surface area contributed by atoms with Crippen molar-refractivity contribution in [2.45, 2.75) is 30.3 Å². The molecule has 0 spiro atoms. The van der Waals surface area contributed by atoms with Crippen molar-refractivity contribution in [3.05, 3.63) is 29.8 Å². The van der Waals surface area contributed by atoms with Crippen LogP contribution in [0.5, 0.6) is 0 Å². The van der Waals surface area contributed by atoms with Crippen molar-refractivity contribution in [2.75, 3.05) is 7.05 Å². The zero-order valence-electron chi connectivity index (χ0n) is 11.7. The maximum atomic E-state index is 11.8. The molecule has 2 unspecified atom stereocenters. The molecule has 0 aromatic heterocycles. The monoisotopic (exact) mass is 311 g/mol. The van der Waals surface area contributed by atoms with Crippen LogP contribution in [0.4, 0.5) is 0 Å². The number of nitrogens with zero attached hydrogens (tertiary/aromatic N) is 1. The number of hydrogen-bond donors (Lipinski definition) is 2. The Balaban J connectivity index is 2.09. The highest BCUT2D eigenvalue weighted by molar-refractivity contribution is 7.89. The van der Waals surface area contributed by atoms with E-state index in [4.69, 9.17) is 5.14 Å². The summed E-state index contributed by atoms with van der Waals surface area (Å²) in [7, 11) is -2.26. The molecule has 0 aliphatic carbocycles. The van der Waals surface area contributed by atoms with E-state index in [9.17, 15) is 18.0 Å². The van der Waals surface area contributed by atoms with Crippen molar-refractivity contribution in [1.82, 2.24) is 10.2 Å². The largest absolute Gasteiger partial charge is 0.299 e. The molecule has 0 saturated carbocycles. The topological polar surface area (TPSA) is 110 Å². The smallest absolute Gasteiger partial charge is 0.246 e. The number of likely N-dealkylation sites (tertiary alicyclic amines) is 1. The number of nitrogens with one attached hydrogen (secondary N) is 1. The summed E-state index contributed by atoms with van der Waals surface area (Å²) < 4.78 is 22.4. The van der Waals surface area contributed by atoms with Gasteiger partial charge in [-0.2, -0.15) is 0 Å². The summed E-state index contributed by atoms with van der Waals surface area (Å²) in [6.07, 6.45) is 0.134. The molecule has 1 aliphatic heterocycles. The molecule has 1 aromatic carbocycles. The minimum atomic E-state index is -3.72. The Morgan fingerprint density at radius 2 is 1.86 bits per heavy atom. The van der Waals surface area contributed by atoms with Crippen molar-refractivity contribution < 1.29 is 18.0 Å². The number of imide groups is 1. The lowest BCUT2D eigenvalue weighted by molar-refractivity contribution is -0.137. The third kappa shape index (κ3) is 3.29. The number of primary sulfonamides is 1. The third-order valence-electron chi connectivity index (χ3n) is 3.54. The second kappa shape index (κ2) is 5.55. The van der Waals surface area contributed by atoms with Crippen molar-refractivity contribution in [1.29, 1.82) is 0 Å². The van der Waals surface area contributed by atoms with Crippen molar-refractivity contribution in [3.63, 3.8) is 0 Å². The van der Waals surface area contributed by atoms with Gasteiger partial charge in [0.2, 0.25) is 21.8 Å². The van der Waals surface area contributed by atoms with Crippen LogP contribution in [-0.4, -0.2) is 38.2 Å². The second-order valence-corrected chi connectivity index (χ2v) is 6.61. The summed E-state index contributed by atoms with van der Waals surface area (Å²) in [6.45, 7) is 1.84. The van der Waals surface area contributed by atoms with Crippen LogP contribution in [-0.2, 0) is 19.6 Å². The fourth-order valence-electron chi connectivity index (χ4n) is 2.23. The standard InChI is InChI=1S/C13H17N3O4S/c1-8(15-11-7-12(17)16(2)13(11)18)9-3-5-10(6-4-9)21(14,19)20/h3-6,8,11,15H,7H2,1-2H3,(H2,14,19,20). The first-order valence-electron chi connectivity index (χ1n) is 6.39. The van der Waals surface area contributed by atoms with Crippen molar-refractivity contribution in [3.8, 4) is 0 Å². The Bertz CT molecular complexity index is 669. The Hall–Kier alpha value is -1.77. The van der Waals surface area contributed by atoms with Crippen LogP contribution in [0.25, 0.3) is 0 Å². The average Bonchev–Trinajstić information content (AvgIpc) is 2.65. The maximum absolute atomic E-state index is 11.8. The van der Waals surface area contributed by atoms with Gasteiger partial charge in [0.05, 0.1) is 17.4 Å². The Morgan fingerprint density at radius 3 is 2.29 bits per heavy atom. The predicted octanol–water partition coefficient (Wildman–Crippen LogP) is -0.258. The number of carbonyl (C=O) groups is 2. The van der Waals surface area contributed by atoms with Crippen molar-refractivity contribution in [2.24, 2.45) is 5.14 Å². The zero-order valence-corrected chi connectivity index (χ0v) is 12.6. The summed E-state index contributed by atoms with van der Waals surface area (Å²) in [4.78, 5) is 24.4. The van der Waals surface area contributed by atoms with E-state index in [0.717, 1.165) is 10.5 Å². The lowest BCUT2D eigenvalue weighted by Crippen LogP contribution is -2.38. The highest BCUT2D eigenvalue weighted by Crippen LogP contribution is 2.19. The molecule has 8 heteroatoms. The van der Waals surface area contributed by atoms with Crippen LogP contribution < -0.4 is 10.5 Å². The number of carbonyl (C=O) groups excluding carboxylic acids is 2. The highest BCUT2D eigenvalue weighted by atomic mass is 32.2. The molecular formula is C13H17N3O4S. The summed E-state index contributed by atoms with van der Waals surface area (Å²) >= 11 is 0. The Morgan fingerprint density at radius 1 is 1.29 bits per heavy atom. The normalized spacial score (nSPS) is 20.9. The van der Waals surface area contributed by atoms with Gasteiger partial charge in [-0.15, -0.1) is 0 Å². The number of rotatable bonds is 4. The number of benzene rings is 1. The zero-order chi connectivity index (χ0) is 15.8. The number of hydrogen-bond acceptors (Lipinski definition) is 5. The molecule has 1 heterocycles. The van der Waals surface area contributed by atoms with E-state index < -0.39 is 16.1 Å². The fraction of sp³-hybridized carbons (Fsp3) is 0.385. The van der Waals surface area contributed by atoms with Crippen LogP contribution in [0.3, 0.4) is 0 Å². The van der Waals surface area contributed by atoms with Gasteiger partial charge in [-0.1, -0.05) is 12.1 Å². The van der Waals surface area contributed by atoms with Crippen molar-refractivity contribution >= 4 is 21.8 Å². The van der Waals surface area contributed by atoms with Crippen LogP contribution in [0.15, 0.2) is 29.2 Å². The first-order valence-corrected chi connectivity index (χ1v) is 7.94. The van der Waals surface area contributed by atoms with Gasteiger partial charge in [0.15, 0.2) is 0 Å². The molecule has 114 valence electrons. The third-order valence-corrected chi connectivity index (χ3v) is 4.47. The minimum absolute atomic E-state index is 0.0327. The maximum Gasteiger partial charge on any atom is 0.246 e. The molecule has 1 aliphatic rings. The Labute approximate surface area is 123 Å². The van der Waals surface area contributed by atoms with E-state index in [1.54, 1.807) is 12.1 Å². The van der Waals surface area contributed by atoms with Gasteiger partial charge in [0.25, 0.3) is 0 Å². The number of nitrogens with two attached hydrogens (primary N) is 1. The first kappa shape index (κ1) is 15.6. The van der Waals surface area contributed by atoms with Gasteiger partial charge in [-0.3, -0.25) is 19.8 Å². The molecule has 1 saturated heterocycles. The SMILES string of the molecule is CC(NC1CC(=O)N(C)C1=O)c1ccc(S(N)(=O)=O)cc1. The Kier molecular flexibility index (Phi) is 4.13. The van der Waals surface area contributed by atoms with Gasteiger partial charge in [0, 0.05) is 13.1 Å². The van der Waals surface area contributed by atoms with E-state index >= 15 is 0 Å². The summed E-state index contributed by atoms with van der Waals surface area (Å²) in [6, 6.07) is 5.33. The lowest BCUT2D eigenvalue weighted by Gasteiger charge is -2.18. The highest BCUT2D eigenvalue weighted by Gasteiger charge is 2.36. The van der Waals surface area contributed by atoms with Gasteiger partial charge < -0.3 is 0 Å². The van der Waals surface area contributed by atoms with Gasteiger partial charge in [-0.05, 0) is 24.6 Å². The van der Waals surface area contributed by atoms with Crippen LogP contribution >= 0.6 is 0 Å². The molecule has 3 N–H and O–H groups in total. The van der Waals surface area contributed by atoms with Crippen LogP contribution in [0, 0.1) is 0 Å². The molecule has 2 rings (SSSR count).